The Balaban J connectivity index is 1.34. The number of carbonyl (C=O) groups is 2. The van der Waals surface area contributed by atoms with Gasteiger partial charge in [0.25, 0.3) is 0 Å². The van der Waals surface area contributed by atoms with Gasteiger partial charge in [-0.25, -0.2) is 9.97 Å². The van der Waals surface area contributed by atoms with Crippen LogP contribution in [0.3, 0.4) is 0 Å². The summed E-state index contributed by atoms with van der Waals surface area (Å²) in [6.07, 6.45) is 5.18. The lowest BCUT2D eigenvalue weighted by Crippen LogP contribution is -2.42. The van der Waals surface area contributed by atoms with E-state index < -0.39 is 6.04 Å². The van der Waals surface area contributed by atoms with Gasteiger partial charge in [-0.1, -0.05) is 12.1 Å². The molecule has 0 saturated heterocycles. The largest absolute Gasteiger partial charge is 0.344 e. The van der Waals surface area contributed by atoms with E-state index in [0.29, 0.717) is 5.82 Å². The fourth-order valence-electron chi connectivity index (χ4n) is 2.92. The van der Waals surface area contributed by atoms with Crippen LogP contribution in [0, 0.1) is 5.92 Å². The Morgan fingerprint density at radius 1 is 1.27 bits per heavy atom. The molecule has 0 unspecified atom stereocenters. The molecule has 0 radical (unpaired) electrons. The summed E-state index contributed by atoms with van der Waals surface area (Å²) in [4.78, 5) is 40.2. The first-order chi connectivity index (χ1) is 12.6. The van der Waals surface area contributed by atoms with Crippen LogP contribution in [0.4, 0.5) is 5.82 Å². The lowest BCUT2D eigenvalue weighted by molar-refractivity contribution is -0.127. The molecule has 3 aromatic rings. The molecule has 1 saturated carbocycles. The van der Waals surface area contributed by atoms with Gasteiger partial charge in [-0.15, -0.1) is 0 Å². The van der Waals surface area contributed by atoms with Crippen molar-refractivity contribution in [3.05, 3.63) is 48.7 Å². The minimum Gasteiger partial charge on any atom is -0.344 e. The molecule has 1 aliphatic rings. The van der Waals surface area contributed by atoms with E-state index in [4.69, 9.17) is 0 Å². The molecule has 1 fully saturated rings. The highest BCUT2D eigenvalue weighted by Crippen LogP contribution is 2.46. The number of hydrogen-bond donors (Lipinski definition) is 3. The minimum absolute atomic E-state index is 0.0673. The number of imidazole rings is 1. The Kier molecular flexibility index (Phi) is 4.08. The number of rotatable bonds is 5. The Bertz CT molecular complexity index is 921. The van der Waals surface area contributed by atoms with Crippen molar-refractivity contribution in [2.75, 3.05) is 5.32 Å². The number of hydrogen-bond acceptors (Lipinski definition) is 5. The van der Waals surface area contributed by atoms with E-state index in [-0.39, 0.29) is 23.7 Å². The standard InChI is InChI=1S/C18H18N6O2/c1-10(17(25)24-15-9-19-6-7-20-15)21-18(26)12-8-11(12)16-22-13-4-2-3-5-14(13)23-16/h2-7,9-12H,8H2,1H3,(H,21,26)(H,22,23)(H,20,24,25)/t10-,11+,12+/m1/s1. The molecule has 1 aliphatic carbocycles. The van der Waals surface area contributed by atoms with Crippen LogP contribution in [0.2, 0.25) is 0 Å². The Morgan fingerprint density at radius 3 is 2.88 bits per heavy atom. The van der Waals surface area contributed by atoms with Crippen LogP contribution in [0.25, 0.3) is 11.0 Å². The highest BCUT2D eigenvalue weighted by atomic mass is 16.2. The van der Waals surface area contributed by atoms with Crippen molar-refractivity contribution < 1.29 is 9.59 Å². The second-order valence-electron chi connectivity index (χ2n) is 6.40. The summed E-state index contributed by atoms with van der Waals surface area (Å²) in [6.45, 7) is 1.64. The predicted molar refractivity (Wildman–Crippen MR) is 95.2 cm³/mol. The van der Waals surface area contributed by atoms with E-state index in [1.54, 1.807) is 6.92 Å². The molecule has 2 aromatic heterocycles. The Hall–Kier alpha value is -3.29. The van der Waals surface area contributed by atoms with Gasteiger partial charge in [-0.2, -0.15) is 0 Å². The van der Waals surface area contributed by atoms with Crippen molar-refractivity contribution in [1.29, 1.82) is 0 Å². The first-order valence-electron chi connectivity index (χ1n) is 8.43. The average molecular weight is 350 g/mol. The fourth-order valence-corrected chi connectivity index (χ4v) is 2.92. The van der Waals surface area contributed by atoms with Crippen molar-refractivity contribution >= 4 is 28.7 Å². The molecule has 0 bridgehead atoms. The molecule has 0 spiro atoms. The van der Waals surface area contributed by atoms with Gasteiger partial charge in [0, 0.05) is 24.2 Å². The zero-order chi connectivity index (χ0) is 18.1. The predicted octanol–water partition coefficient (Wildman–Crippen LogP) is 1.60. The number of H-pyrrole nitrogens is 1. The number of aromatic nitrogens is 4. The molecule has 2 amide bonds. The highest BCUT2D eigenvalue weighted by molar-refractivity contribution is 5.97. The Labute approximate surface area is 149 Å². The topological polar surface area (TPSA) is 113 Å². The van der Waals surface area contributed by atoms with Gasteiger partial charge < -0.3 is 15.6 Å². The molecule has 4 rings (SSSR count). The van der Waals surface area contributed by atoms with Crippen LogP contribution in [-0.2, 0) is 9.59 Å². The second kappa shape index (κ2) is 6.55. The van der Waals surface area contributed by atoms with Gasteiger partial charge in [-0.05, 0) is 25.5 Å². The normalized spacial score (nSPS) is 19.7. The lowest BCUT2D eigenvalue weighted by Gasteiger charge is -2.13. The molecule has 1 aromatic carbocycles. The number of benzene rings is 1. The summed E-state index contributed by atoms with van der Waals surface area (Å²) in [6, 6.07) is 7.11. The maximum Gasteiger partial charge on any atom is 0.247 e. The fraction of sp³-hybridized carbons (Fsp3) is 0.278. The van der Waals surface area contributed by atoms with Crippen LogP contribution in [-0.4, -0.2) is 37.8 Å². The van der Waals surface area contributed by atoms with E-state index in [0.717, 1.165) is 23.3 Å². The number of anilines is 1. The summed E-state index contributed by atoms with van der Waals surface area (Å²) >= 11 is 0. The molecule has 132 valence electrons. The van der Waals surface area contributed by atoms with Gasteiger partial charge in [-0.3, -0.25) is 14.6 Å². The monoisotopic (exact) mass is 350 g/mol. The van der Waals surface area contributed by atoms with Crippen LogP contribution >= 0.6 is 0 Å². The lowest BCUT2D eigenvalue weighted by atomic mass is 10.2. The van der Waals surface area contributed by atoms with Crippen molar-refractivity contribution in [1.82, 2.24) is 25.3 Å². The maximum atomic E-state index is 12.4. The summed E-state index contributed by atoms with van der Waals surface area (Å²) < 4.78 is 0. The molecule has 0 aliphatic heterocycles. The van der Waals surface area contributed by atoms with E-state index in [2.05, 4.69) is 30.6 Å². The quantitative estimate of drug-likeness (QED) is 0.647. The van der Waals surface area contributed by atoms with E-state index in [1.165, 1.54) is 18.6 Å². The SMILES string of the molecule is C[C@@H](NC(=O)[C@H]1C[C@@H]1c1nc2ccccc2[nH]1)C(=O)Nc1cnccn1. The van der Waals surface area contributed by atoms with Gasteiger partial charge in [0.1, 0.15) is 11.9 Å². The molecule has 8 heteroatoms. The summed E-state index contributed by atoms with van der Waals surface area (Å²) in [7, 11) is 0. The molecular formula is C18H18N6O2. The molecule has 26 heavy (non-hydrogen) atoms. The van der Waals surface area contributed by atoms with Crippen molar-refractivity contribution in [2.24, 2.45) is 5.92 Å². The number of para-hydroxylation sites is 2. The summed E-state index contributed by atoms with van der Waals surface area (Å²) in [5, 5.41) is 5.38. The number of aromatic amines is 1. The van der Waals surface area contributed by atoms with E-state index in [9.17, 15) is 9.59 Å². The van der Waals surface area contributed by atoms with Crippen LogP contribution in [0.1, 0.15) is 25.1 Å². The third kappa shape index (κ3) is 3.26. The molecular weight excluding hydrogens is 332 g/mol. The van der Waals surface area contributed by atoms with Gasteiger partial charge in [0.15, 0.2) is 5.82 Å². The third-order valence-corrected chi connectivity index (χ3v) is 4.45. The van der Waals surface area contributed by atoms with Gasteiger partial charge in [0.2, 0.25) is 11.8 Å². The van der Waals surface area contributed by atoms with Crippen LogP contribution in [0.15, 0.2) is 42.9 Å². The second-order valence-corrected chi connectivity index (χ2v) is 6.40. The van der Waals surface area contributed by atoms with Gasteiger partial charge >= 0.3 is 0 Å². The highest BCUT2D eigenvalue weighted by Gasteiger charge is 2.46. The summed E-state index contributed by atoms with van der Waals surface area (Å²) in [5.74, 6) is 0.602. The van der Waals surface area contributed by atoms with Crippen molar-refractivity contribution in [3.8, 4) is 0 Å². The summed E-state index contributed by atoms with van der Waals surface area (Å²) in [5.41, 5.74) is 1.86. The Morgan fingerprint density at radius 2 is 2.12 bits per heavy atom. The molecule has 3 N–H and O–H groups in total. The molecule has 3 atom stereocenters. The minimum atomic E-state index is -0.665. The van der Waals surface area contributed by atoms with Crippen molar-refractivity contribution in [3.63, 3.8) is 0 Å². The number of carbonyl (C=O) groups excluding carboxylic acids is 2. The smallest absolute Gasteiger partial charge is 0.247 e. The number of amides is 2. The number of nitrogens with zero attached hydrogens (tertiary/aromatic N) is 3. The zero-order valence-electron chi connectivity index (χ0n) is 14.1. The van der Waals surface area contributed by atoms with E-state index >= 15 is 0 Å². The third-order valence-electron chi connectivity index (χ3n) is 4.45. The number of nitrogens with one attached hydrogen (secondary N) is 3. The first-order valence-corrected chi connectivity index (χ1v) is 8.43. The maximum absolute atomic E-state index is 12.4. The van der Waals surface area contributed by atoms with E-state index in [1.807, 2.05) is 24.3 Å². The number of fused-ring (bicyclic) bond motifs is 1. The van der Waals surface area contributed by atoms with Crippen molar-refractivity contribution in [2.45, 2.75) is 25.3 Å². The van der Waals surface area contributed by atoms with Gasteiger partial charge in [0.05, 0.1) is 17.2 Å². The first kappa shape index (κ1) is 16.2. The van der Waals surface area contributed by atoms with Crippen LogP contribution < -0.4 is 10.6 Å². The average Bonchev–Trinajstić information content (AvgIpc) is 3.34. The molecule has 2 heterocycles. The van der Waals surface area contributed by atoms with Crippen LogP contribution in [0.5, 0.6) is 0 Å². The zero-order valence-corrected chi connectivity index (χ0v) is 14.1. The molecule has 8 nitrogen and oxygen atoms in total.